The van der Waals surface area contributed by atoms with Crippen LogP contribution in [0.4, 0.5) is 0 Å². The molecule has 0 nitrogen and oxygen atoms in total. The molecule has 0 N–H and O–H groups in total. The van der Waals surface area contributed by atoms with Gasteiger partial charge in [0.15, 0.2) is 0 Å². The molecule has 0 radical (unpaired) electrons. The minimum atomic E-state index is 0.927. The molecule has 4 aromatic rings. The molecule has 24 heavy (non-hydrogen) atoms. The zero-order valence-corrected chi connectivity index (χ0v) is 15.5. The third-order valence-electron chi connectivity index (χ3n) is 3.84. The van der Waals surface area contributed by atoms with Crippen molar-refractivity contribution >= 4 is 34.0 Å². The van der Waals surface area contributed by atoms with Crippen LogP contribution < -0.4 is 0 Å². The van der Waals surface area contributed by atoms with Crippen LogP contribution in [0.2, 0.25) is 0 Å². The van der Waals surface area contributed by atoms with E-state index in [2.05, 4.69) is 72.6 Å². The Labute approximate surface area is 154 Å². The first kappa shape index (κ1) is 15.6. The maximum atomic E-state index is 3.80. The van der Waals surface area contributed by atoms with E-state index < -0.39 is 0 Å². The summed E-state index contributed by atoms with van der Waals surface area (Å²) >= 11 is 5.53. The molecule has 3 heteroatoms. The maximum Gasteiger partial charge on any atom is 0.0449 e. The highest BCUT2D eigenvalue weighted by Crippen LogP contribution is 2.41. The lowest BCUT2D eigenvalue weighted by Crippen LogP contribution is -1.79. The number of benzene rings is 1. The molecule has 0 spiro atoms. The van der Waals surface area contributed by atoms with Gasteiger partial charge >= 0.3 is 0 Å². The van der Waals surface area contributed by atoms with Crippen LogP contribution in [0.15, 0.2) is 78.7 Å². The van der Waals surface area contributed by atoms with Gasteiger partial charge in [-0.15, -0.1) is 40.6 Å². The molecule has 0 aliphatic heterocycles. The summed E-state index contributed by atoms with van der Waals surface area (Å²) < 4.78 is 0. The molecule has 0 aliphatic rings. The number of hydrogen-bond donors (Lipinski definition) is 0. The summed E-state index contributed by atoms with van der Waals surface area (Å²) in [6.45, 7) is 3.80. The maximum absolute atomic E-state index is 3.80. The zero-order valence-electron chi connectivity index (χ0n) is 13.1. The average molecular weight is 365 g/mol. The van der Waals surface area contributed by atoms with Crippen LogP contribution in [-0.2, 0) is 6.42 Å². The molecule has 0 bridgehead atoms. The number of rotatable bonds is 5. The number of allylic oxidation sites excluding steroid dienone is 1. The lowest BCUT2D eigenvalue weighted by molar-refractivity contribution is 1.28. The van der Waals surface area contributed by atoms with Gasteiger partial charge in [0, 0.05) is 24.4 Å². The van der Waals surface area contributed by atoms with Crippen LogP contribution in [0, 0.1) is 0 Å². The van der Waals surface area contributed by atoms with E-state index in [1.54, 1.807) is 11.3 Å². The quantitative estimate of drug-likeness (QED) is 0.320. The van der Waals surface area contributed by atoms with E-state index in [4.69, 9.17) is 0 Å². The summed E-state index contributed by atoms with van der Waals surface area (Å²) in [7, 11) is 0. The van der Waals surface area contributed by atoms with Crippen molar-refractivity contribution in [3.8, 4) is 29.9 Å². The van der Waals surface area contributed by atoms with Crippen molar-refractivity contribution in [3.05, 3.63) is 84.3 Å². The Bertz CT molecular complexity index is 937. The molecule has 0 fully saturated rings. The van der Waals surface area contributed by atoms with E-state index in [9.17, 15) is 0 Å². The largest absolute Gasteiger partial charge is 0.143 e. The van der Waals surface area contributed by atoms with Gasteiger partial charge in [-0.05, 0) is 53.3 Å². The van der Waals surface area contributed by atoms with Crippen LogP contribution in [-0.4, -0.2) is 0 Å². The minimum absolute atomic E-state index is 0.927. The lowest BCUT2D eigenvalue weighted by atomic mass is 10.1. The van der Waals surface area contributed by atoms with E-state index in [0.717, 1.165) is 6.42 Å². The van der Waals surface area contributed by atoms with Crippen molar-refractivity contribution in [2.24, 2.45) is 0 Å². The van der Waals surface area contributed by atoms with Gasteiger partial charge < -0.3 is 0 Å². The molecular formula is C21H16S3. The molecule has 0 saturated heterocycles. The average Bonchev–Trinajstić information content (AvgIpc) is 3.35. The molecule has 0 aliphatic carbocycles. The van der Waals surface area contributed by atoms with Crippen LogP contribution in [0.5, 0.6) is 0 Å². The van der Waals surface area contributed by atoms with Crippen molar-refractivity contribution in [2.45, 2.75) is 6.42 Å². The standard InChI is InChI=1S/C21H16S3/c1-2-4-15-6-8-16(9-7-15)17-10-11-20(23-17)21-13-12-19(24-21)18-5-3-14-22-18/h2-3,5-14H,1,4H2. The summed E-state index contributed by atoms with van der Waals surface area (Å²) in [4.78, 5) is 6.71. The van der Waals surface area contributed by atoms with Crippen LogP contribution >= 0.6 is 34.0 Å². The molecule has 118 valence electrons. The molecule has 0 saturated carbocycles. The fourth-order valence-electron chi connectivity index (χ4n) is 2.62. The highest BCUT2D eigenvalue weighted by molar-refractivity contribution is 7.27. The van der Waals surface area contributed by atoms with E-state index in [1.165, 1.54) is 35.5 Å². The fourth-order valence-corrected chi connectivity index (χ4v) is 5.56. The van der Waals surface area contributed by atoms with E-state index >= 15 is 0 Å². The van der Waals surface area contributed by atoms with Crippen molar-refractivity contribution in [1.29, 1.82) is 0 Å². The van der Waals surface area contributed by atoms with Crippen molar-refractivity contribution in [1.82, 2.24) is 0 Å². The number of thiophene rings is 3. The minimum Gasteiger partial charge on any atom is -0.143 e. The molecule has 0 amide bonds. The van der Waals surface area contributed by atoms with Gasteiger partial charge in [0.2, 0.25) is 0 Å². The summed E-state index contributed by atoms with van der Waals surface area (Å²) in [5.41, 5.74) is 2.60. The second kappa shape index (κ2) is 6.89. The van der Waals surface area contributed by atoms with Crippen molar-refractivity contribution in [3.63, 3.8) is 0 Å². The first-order chi connectivity index (χ1) is 11.8. The van der Waals surface area contributed by atoms with Crippen LogP contribution in [0.1, 0.15) is 5.56 Å². The molecule has 0 atom stereocenters. The Balaban J connectivity index is 1.59. The summed E-state index contributed by atoms with van der Waals surface area (Å²) in [6.07, 6.45) is 2.87. The lowest BCUT2D eigenvalue weighted by Gasteiger charge is -2.00. The smallest absolute Gasteiger partial charge is 0.0449 e. The van der Waals surface area contributed by atoms with Crippen molar-refractivity contribution in [2.75, 3.05) is 0 Å². The third kappa shape index (κ3) is 3.16. The summed E-state index contributed by atoms with van der Waals surface area (Å²) in [5.74, 6) is 0. The first-order valence-corrected chi connectivity index (χ1v) is 10.3. The molecule has 0 unspecified atom stereocenters. The molecule has 4 rings (SSSR count). The highest BCUT2D eigenvalue weighted by atomic mass is 32.1. The molecule has 3 heterocycles. The summed E-state index contributed by atoms with van der Waals surface area (Å²) in [6, 6.07) is 22.0. The van der Waals surface area contributed by atoms with Crippen LogP contribution in [0.3, 0.4) is 0 Å². The van der Waals surface area contributed by atoms with Gasteiger partial charge in [-0.2, -0.15) is 0 Å². The molecular weight excluding hydrogens is 348 g/mol. The monoisotopic (exact) mass is 364 g/mol. The Morgan fingerprint density at radius 1 is 0.708 bits per heavy atom. The Morgan fingerprint density at radius 2 is 1.33 bits per heavy atom. The van der Waals surface area contributed by atoms with Gasteiger partial charge in [0.05, 0.1) is 0 Å². The first-order valence-electron chi connectivity index (χ1n) is 7.77. The zero-order chi connectivity index (χ0) is 16.4. The normalized spacial score (nSPS) is 10.8. The van der Waals surface area contributed by atoms with Crippen LogP contribution in [0.25, 0.3) is 29.9 Å². The second-order valence-electron chi connectivity index (χ2n) is 5.49. The Morgan fingerprint density at radius 3 is 1.96 bits per heavy atom. The third-order valence-corrected chi connectivity index (χ3v) is 7.32. The topological polar surface area (TPSA) is 0 Å². The van der Waals surface area contributed by atoms with Gasteiger partial charge in [-0.3, -0.25) is 0 Å². The van der Waals surface area contributed by atoms with Crippen molar-refractivity contribution < 1.29 is 0 Å². The predicted molar refractivity (Wildman–Crippen MR) is 110 cm³/mol. The van der Waals surface area contributed by atoms with Gasteiger partial charge in [-0.25, -0.2) is 0 Å². The SMILES string of the molecule is C=CCc1ccc(-c2ccc(-c3ccc(-c4cccs4)s3)s2)cc1. The second-order valence-corrected chi connectivity index (χ2v) is 8.61. The highest BCUT2D eigenvalue weighted by Gasteiger charge is 2.09. The van der Waals surface area contributed by atoms with E-state index in [-0.39, 0.29) is 0 Å². The Hall–Kier alpha value is -1.94. The van der Waals surface area contributed by atoms with E-state index in [0.29, 0.717) is 0 Å². The van der Waals surface area contributed by atoms with Gasteiger partial charge in [-0.1, -0.05) is 36.4 Å². The number of hydrogen-bond acceptors (Lipinski definition) is 3. The fraction of sp³-hybridized carbons (Fsp3) is 0.0476. The van der Waals surface area contributed by atoms with Gasteiger partial charge in [0.25, 0.3) is 0 Å². The summed E-state index contributed by atoms with van der Waals surface area (Å²) in [5, 5.41) is 2.13. The molecule has 3 aromatic heterocycles. The van der Waals surface area contributed by atoms with Gasteiger partial charge in [0.1, 0.15) is 0 Å². The van der Waals surface area contributed by atoms with E-state index in [1.807, 2.05) is 28.7 Å². The molecule has 1 aromatic carbocycles. The predicted octanol–water partition coefficient (Wildman–Crippen LogP) is 7.60. The Kier molecular flexibility index (Phi) is 4.48.